The Morgan fingerprint density at radius 2 is 0.586 bits per heavy atom. The van der Waals surface area contributed by atoms with E-state index in [0.29, 0.717) is 0 Å². The molecule has 0 spiro atoms. The molecule has 0 aromatic rings. The first-order valence-electron chi connectivity index (χ1n) is 3.73. The van der Waals surface area contributed by atoms with Crippen molar-refractivity contribution in [1.82, 2.24) is 0 Å². The van der Waals surface area contributed by atoms with Gasteiger partial charge in [-0.1, -0.05) is 0 Å². The van der Waals surface area contributed by atoms with Gasteiger partial charge in [0.15, 0.2) is 0 Å². The van der Waals surface area contributed by atoms with Crippen molar-refractivity contribution in [2.24, 2.45) is 0 Å². The fourth-order valence-electron chi connectivity index (χ4n) is 0.204. The van der Waals surface area contributed by atoms with Gasteiger partial charge in [-0.3, -0.25) is 18.2 Å². The van der Waals surface area contributed by atoms with Gasteiger partial charge >= 0.3 is 299 Å². The monoisotopic (exact) mass is 652 g/mol. The average Bonchev–Trinajstić information content (AvgIpc) is 2.82. The summed E-state index contributed by atoms with van der Waals surface area (Å²) < 4.78 is 116. The predicted molar refractivity (Wildman–Crippen MR) is 60.4 cm³/mol. The van der Waals surface area contributed by atoms with Gasteiger partial charge < -0.3 is 7.13 Å². The second kappa shape index (κ2) is 27.1. The maximum absolute atomic E-state index is 9.74. The van der Waals surface area contributed by atoms with Gasteiger partial charge in [-0.05, 0) is 37.5 Å². The summed E-state index contributed by atoms with van der Waals surface area (Å²) in [5, 5.41) is 13.4. The molecule has 2 rings (SSSR count). The van der Waals surface area contributed by atoms with Gasteiger partial charge in [0.05, 0.1) is 0 Å². The first kappa shape index (κ1) is 52.9. The molecule has 2 saturated heterocycles. The van der Waals surface area contributed by atoms with Crippen LogP contribution in [0.15, 0.2) is 0 Å². The molecule has 158 valence electrons. The number of hydrogen-bond donors (Lipinski definition) is 4. The molecule has 20 nitrogen and oxygen atoms in total. The van der Waals surface area contributed by atoms with E-state index < -0.39 is 41.6 Å². The Bertz CT molecular complexity index is 671. The van der Waals surface area contributed by atoms with E-state index in [-0.39, 0.29) is 264 Å². The van der Waals surface area contributed by atoms with Crippen molar-refractivity contribution in [2.75, 3.05) is 0 Å². The van der Waals surface area contributed by atoms with Crippen LogP contribution in [0.4, 0.5) is 0 Å². The third kappa shape index (κ3) is 61.3. The van der Waals surface area contributed by atoms with Crippen LogP contribution in [0.3, 0.4) is 0 Å². The molecule has 29 heavy (non-hydrogen) atoms. The maximum atomic E-state index is 9.74. The molecule has 0 aromatic carbocycles. The molecule has 2 aliphatic rings. The van der Waals surface area contributed by atoms with Gasteiger partial charge in [0.1, 0.15) is 0 Å². The molecule has 0 saturated carbocycles. The zero-order chi connectivity index (χ0) is 19.7. The Hall–Kier alpha value is 7.50. The van der Waals surface area contributed by atoms with Crippen LogP contribution in [0, 0.1) is 0 Å². The standard InChI is InChI=1S/5K.2O6S.2H2O4S.5H/c;;;;;2*1-7(2)5-3-4-6-7;2*1-5(2,3)4;;;;;/h;;;;;;;2*(H2,1,2,3,4);;;;;/q5*+1;;;;;5*-1. The molecular weight excluding hydrogens is 644 g/mol. The molecule has 0 aromatic heterocycles. The van der Waals surface area contributed by atoms with Crippen LogP contribution in [0.1, 0.15) is 7.13 Å². The van der Waals surface area contributed by atoms with Crippen molar-refractivity contribution < 1.29 is 353 Å². The minimum Gasteiger partial charge on any atom is -1.00 e. The van der Waals surface area contributed by atoms with Crippen LogP contribution in [0.2, 0.25) is 0 Å². The molecule has 2 heterocycles. The van der Waals surface area contributed by atoms with Crippen molar-refractivity contribution in [1.29, 1.82) is 0 Å². The summed E-state index contributed by atoms with van der Waals surface area (Å²) in [6.07, 6.45) is 0. The molecule has 0 radical (unpaired) electrons. The topological polar surface area (TPSA) is 291 Å². The van der Waals surface area contributed by atoms with Crippen LogP contribution in [0.25, 0.3) is 0 Å². The Balaban J connectivity index is -0.0000000175. The van der Waals surface area contributed by atoms with Gasteiger partial charge in [0.25, 0.3) is 0 Å². The fourth-order valence-corrected chi connectivity index (χ4v) is 0.612. The minimum atomic E-state index is -4.67. The van der Waals surface area contributed by atoms with E-state index in [1.165, 1.54) is 0 Å². The predicted octanol–water partition coefficient (Wildman–Crippen LogP) is -17.6. The average molecular weight is 653 g/mol. The molecule has 0 unspecified atom stereocenters. The van der Waals surface area contributed by atoms with E-state index in [2.05, 4.69) is 37.5 Å². The summed E-state index contributed by atoms with van der Waals surface area (Å²) in [6, 6.07) is 0. The van der Waals surface area contributed by atoms with Crippen LogP contribution in [-0.4, -0.2) is 51.9 Å². The summed E-state index contributed by atoms with van der Waals surface area (Å²) in [7, 11) is -17.3. The third-order valence-electron chi connectivity index (χ3n) is 0.500. The van der Waals surface area contributed by atoms with Crippen molar-refractivity contribution >= 4 is 41.6 Å². The summed E-state index contributed by atoms with van der Waals surface area (Å²) in [6.45, 7) is 0. The largest absolute Gasteiger partial charge is 1.00 e. The fraction of sp³-hybridized carbons (Fsp3) is 0. The normalized spacial score (nSPS) is 17.5. The summed E-state index contributed by atoms with van der Waals surface area (Å²) in [5.74, 6) is 0. The van der Waals surface area contributed by atoms with E-state index >= 15 is 0 Å². The van der Waals surface area contributed by atoms with Crippen molar-refractivity contribution in [3.05, 3.63) is 0 Å². The molecule has 0 aliphatic carbocycles. The Morgan fingerprint density at radius 1 is 0.483 bits per heavy atom. The van der Waals surface area contributed by atoms with Crippen LogP contribution in [-0.2, 0) is 79.1 Å². The van der Waals surface area contributed by atoms with E-state index in [4.69, 9.17) is 35.0 Å². The summed E-state index contributed by atoms with van der Waals surface area (Å²) in [4.78, 5) is 0. The van der Waals surface area contributed by atoms with Gasteiger partial charge in [-0.2, -0.15) is 33.7 Å². The van der Waals surface area contributed by atoms with E-state index in [9.17, 15) is 16.8 Å². The molecule has 2 aliphatic heterocycles. The Kier molecular flexibility index (Phi) is 49.4. The second-order valence-corrected chi connectivity index (χ2v) is 6.23. The summed E-state index contributed by atoms with van der Waals surface area (Å²) >= 11 is 0. The molecule has 4 N–H and O–H groups in total. The molecule has 0 atom stereocenters. The smallest absolute Gasteiger partial charge is 1.00 e. The van der Waals surface area contributed by atoms with Crippen LogP contribution in [0.5, 0.6) is 0 Å². The van der Waals surface area contributed by atoms with Crippen LogP contribution < -0.4 is 257 Å². The first-order chi connectivity index (χ1) is 10.4. The first-order valence-corrected chi connectivity index (χ1v) is 9.19. The van der Waals surface area contributed by atoms with Crippen molar-refractivity contribution in [3.8, 4) is 0 Å². The van der Waals surface area contributed by atoms with Gasteiger partial charge in [0.2, 0.25) is 0 Å². The Morgan fingerprint density at radius 3 is 0.621 bits per heavy atom. The zero-order valence-electron chi connectivity index (χ0n) is 20.0. The van der Waals surface area contributed by atoms with E-state index in [1.54, 1.807) is 0 Å². The minimum absolute atomic E-state index is 0. The number of hydrogen-bond acceptors (Lipinski definition) is 16. The molecular formula is H9K5O20S4. The van der Waals surface area contributed by atoms with E-state index in [0.717, 1.165) is 0 Å². The summed E-state index contributed by atoms with van der Waals surface area (Å²) in [5.41, 5.74) is 0. The van der Waals surface area contributed by atoms with Gasteiger partial charge in [0, 0.05) is 0 Å². The number of rotatable bonds is 0. The van der Waals surface area contributed by atoms with Gasteiger partial charge in [-0.25, -0.2) is 0 Å². The van der Waals surface area contributed by atoms with Crippen molar-refractivity contribution in [2.45, 2.75) is 0 Å². The molecule has 2 fully saturated rings. The van der Waals surface area contributed by atoms with Crippen molar-refractivity contribution in [3.63, 3.8) is 0 Å². The Labute approximate surface area is 383 Å². The second-order valence-electron chi connectivity index (χ2n) is 2.26. The quantitative estimate of drug-likeness (QED) is 0.107. The molecule has 0 bridgehead atoms. The SMILES string of the molecule is O=S(=O)(O)O.O=S(=O)(O)O.O=S1(=O)OOOO1.O=S1(=O)OOOO1.[H-].[H-].[H-].[H-].[H-].[K+].[K+].[K+].[K+].[K+]. The van der Waals surface area contributed by atoms with E-state index in [1.807, 2.05) is 0 Å². The maximum Gasteiger partial charge on any atom is 1.00 e. The third-order valence-corrected chi connectivity index (χ3v) is 1.39. The molecule has 0 amide bonds. The molecule has 29 heteroatoms. The zero-order valence-corrected chi connectivity index (χ0v) is 33.8. The van der Waals surface area contributed by atoms with Crippen LogP contribution >= 0.6 is 0 Å². The van der Waals surface area contributed by atoms with Gasteiger partial charge in [-0.15, -0.1) is 0 Å².